The third-order valence-corrected chi connectivity index (χ3v) is 1.51. The van der Waals surface area contributed by atoms with Crippen molar-refractivity contribution in [1.82, 2.24) is 10.2 Å². The van der Waals surface area contributed by atoms with Gasteiger partial charge in [0.2, 0.25) is 0 Å². The first-order chi connectivity index (χ1) is 3.80. The second kappa shape index (κ2) is 2.50. The molecule has 0 amide bonds. The van der Waals surface area contributed by atoms with Crippen molar-refractivity contribution in [2.75, 3.05) is 0 Å². The van der Waals surface area contributed by atoms with Crippen LogP contribution in [0.3, 0.4) is 0 Å². The molecule has 0 aliphatic heterocycles. The third-order valence-electron chi connectivity index (χ3n) is 0.794. The van der Waals surface area contributed by atoms with Gasteiger partial charge in [-0.1, -0.05) is 0 Å². The molecule has 1 rings (SSSR count). The topological polar surface area (TPSA) is 48.9 Å². The van der Waals surface area contributed by atoms with Crippen molar-refractivity contribution >= 4 is 32.6 Å². The Morgan fingerprint density at radius 2 is 2.62 bits per heavy atom. The van der Waals surface area contributed by atoms with Crippen LogP contribution in [0.5, 0.6) is 0 Å². The van der Waals surface area contributed by atoms with Gasteiger partial charge in [-0.25, -0.2) is 0 Å². The maximum atomic E-state index is 8.84. The van der Waals surface area contributed by atoms with E-state index in [0.717, 1.165) is 5.46 Å². The van der Waals surface area contributed by atoms with Crippen molar-refractivity contribution in [2.24, 2.45) is 0 Å². The fourth-order valence-corrected chi connectivity index (χ4v) is 0.732. The lowest BCUT2D eigenvalue weighted by Gasteiger charge is -1.85. The van der Waals surface area contributed by atoms with Crippen LogP contribution >= 0.6 is 22.4 Å². The van der Waals surface area contributed by atoms with Crippen LogP contribution in [0.15, 0.2) is 12.4 Å². The van der Waals surface area contributed by atoms with Crippen LogP contribution in [-0.2, 0) is 0 Å². The summed E-state index contributed by atoms with van der Waals surface area (Å²) < 4.78 is -0.439. The van der Waals surface area contributed by atoms with Crippen molar-refractivity contribution < 1.29 is 5.02 Å². The van der Waals surface area contributed by atoms with Gasteiger partial charge in [-0.05, 0) is 5.46 Å². The van der Waals surface area contributed by atoms with Crippen LogP contribution in [0.4, 0.5) is 0 Å². The molecule has 1 aromatic heterocycles. The summed E-state index contributed by atoms with van der Waals surface area (Å²) in [5.74, 6) is 0. The molecule has 0 aromatic carbocycles. The molecule has 0 radical (unpaired) electrons. The van der Waals surface area contributed by atoms with E-state index in [0.29, 0.717) is 0 Å². The van der Waals surface area contributed by atoms with E-state index in [-0.39, 0.29) is 0 Å². The van der Waals surface area contributed by atoms with E-state index < -0.39 is 4.77 Å². The number of aromatic amines is 1. The van der Waals surface area contributed by atoms with Gasteiger partial charge in [0, 0.05) is 12.4 Å². The molecular formula is C3H4BIN2O. The number of rotatable bonds is 1. The Morgan fingerprint density at radius 1 is 1.88 bits per heavy atom. The first kappa shape index (κ1) is 6.09. The molecule has 42 valence electrons. The lowest BCUT2D eigenvalue weighted by molar-refractivity contribution is 0.612. The van der Waals surface area contributed by atoms with Crippen LogP contribution < -0.4 is 5.46 Å². The molecular weight excluding hydrogens is 218 g/mol. The minimum absolute atomic E-state index is 0.439. The molecule has 0 bridgehead atoms. The Kier molecular flexibility index (Phi) is 1.90. The second-order valence-electron chi connectivity index (χ2n) is 1.37. The SMILES string of the molecule is OB(I)c1cn[nH]c1. The molecule has 0 aliphatic rings. The highest BCUT2D eigenvalue weighted by Gasteiger charge is 2.07. The number of halogens is 1. The molecule has 0 saturated heterocycles. The van der Waals surface area contributed by atoms with Gasteiger partial charge in [-0.3, -0.25) is 5.10 Å². The molecule has 0 atom stereocenters. The van der Waals surface area contributed by atoms with Gasteiger partial charge in [0.05, 0.1) is 0 Å². The van der Waals surface area contributed by atoms with Crippen LogP contribution in [0.1, 0.15) is 0 Å². The van der Waals surface area contributed by atoms with Crippen LogP contribution in [0, 0.1) is 0 Å². The molecule has 3 nitrogen and oxygen atoms in total. The Bertz CT molecular complexity index is 152. The predicted octanol–water partition coefficient (Wildman–Crippen LogP) is -0.468. The number of H-pyrrole nitrogens is 1. The number of nitrogens with zero attached hydrogens (tertiary/aromatic N) is 1. The Hall–Kier alpha value is -0.0351. The summed E-state index contributed by atoms with van der Waals surface area (Å²) in [6.45, 7) is 0. The van der Waals surface area contributed by atoms with Crippen molar-refractivity contribution in [3.05, 3.63) is 12.4 Å². The van der Waals surface area contributed by atoms with Gasteiger partial charge in [0.25, 0.3) is 0 Å². The standard InChI is InChI=1S/C3H4BIN2O/c5-4(8)3-1-6-7-2-3/h1-2,8H,(H,6,7). The van der Waals surface area contributed by atoms with Crippen molar-refractivity contribution in [2.45, 2.75) is 0 Å². The summed E-state index contributed by atoms with van der Waals surface area (Å²) in [4.78, 5) is 0. The maximum Gasteiger partial charge on any atom is 0.400 e. The van der Waals surface area contributed by atoms with Crippen molar-refractivity contribution in [3.8, 4) is 0 Å². The van der Waals surface area contributed by atoms with Gasteiger partial charge in [0.15, 0.2) is 0 Å². The van der Waals surface area contributed by atoms with Crippen LogP contribution in [0.25, 0.3) is 0 Å². The molecule has 1 heterocycles. The zero-order chi connectivity index (χ0) is 5.98. The quantitative estimate of drug-likeness (QED) is 0.498. The first-order valence-electron chi connectivity index (χ1n) is 2.11. The zero-order valence-electron chi connectivity index (χ0n) is 4.00. The van der Waals surface area contributed by atoms with Crippen molar-refractivity contribution in [1.29, 1.82) is 0 Å². The van der Waals surface area contributed by atoms with Gasteiger partial charge in [-0.2, -0.15) is 5.10 Å². The number of aromatic nitrogens is 2. The average molecular weight is 222 g/mol. The molecule has 0 saturated carbocycles. The molecule has 0 aliphatic carbocycles. The lowest BCUT2D eigenvalue weighted by atomic mass is 9.93. The maximum absolute atomic E-state index is 8.84. The molecule has 1 aromatic rings. The normalized spacial score (nSPS) is 9.25. The van der Waals surface area contributed by atoms with Gasteiger partial charge < -0.3 is 5.02 Å². The molecule has 2 N–H and O–H groups in total. The molecule has 8 heavy (non-hydrogen) atoms. The molecule has 0 spiro atoms. The summed E-state index contributed by atoms with van der Waals surface area (Å²) >= 11 is 1.90. The van der Waals surface area contributed by atoms with Crippen LogP contribution in [0.2, 0.25) is 0 Å². The summed E-state index contributed by atoms with van der Waals surface area (Å²) in [5.41, 5.74) is 0.811. The number of nitrogens with one attached hydrogen (secondary N) is 1. The van der Waals surface area contributed by atoms with E-state index in [1.54, 1.807) is 12.4 Å². The predicted molar refractivity (Wildman–Crippen MR) is 40.2 cm³/mol. The minimum Gasteiger partial charge on any atom is -0.438 e. The zero-order valence-corrected chi connectivity index (χ0v) is 6.16. The van der Waals surface area contributed by atoms with Gasteiger partial charge in [0.1, 0.15) is 0 Å². The lowest BCUT2D eigenvalue weighted by Crippen LogP contribution is -2.20. The summed E-state index contributed by atoms with van der Waals surface area (Å²) in [6, 6.07) is 0. The summed E-state index contributed by atoms with van der Waals surface area (Å²) in [6.07, 6.45) is 3.26. The first-order valence-corrected chi connectivity index (χ1v) is 3.36. The average Bonchev–Trinajstić information content (AvgIpc) is 2.12. The van der Waals surface area contributed by atoms with Gasteiger partial charge in [-0.15, -0.1) is 22.4 Å². The van der Waals surface area contributed by atoms with Gasteiger partial charge >= 0.3 is 4.77 Å². The largest absolute Gasteiger partial charge is 0.438 e. The highest BCUT2D eigenvalue weighted by atomic mass is 127. The third kappa shape index (κ3) is 1.22. The summed E-state index contributed by atoms with van der Waals surface area (Å²) in [7, 11) is 0. The fourth-order valence-electron chi connectivity index (χ4n) is 0.391. The fraction of sp³-hybridized carbons (Fsp3) is 0. The van der Waals surface area contributed by atoms with Crippen LogP contribution in [-0.4, -0.2) is 20.0 Å². The number of hydrogen-bond acceptors (Lipinski definition) is 2. The Labute approximate surface area is 60.5 Å². The molecule has 0 unspecified atom stereocenters. The molecule has 0 fully saturated rings. The monoisotopic (exact) mass is 222 g/mol. The highest BCUT2D eigenvalue weighted by Crippen LogP contribution is 1.87. The highest BCUT2D eigenvalue weighted by molar-refractivity contribution is 14.1. The van der Waals surface area contributed by atoms with E-state index in [1.165, 1.54) is 0 Å². The number of hydrogen-bond donors (Lipinski definition) is 2. The van der Waals surface area contributed by atoms with E-state index in [9.17, 15) is 0 Å². The van der Waals surface area contributed by atoms with Crippen molar-refractivity contribution in [3.63, 3.8) is 0 Å². The molecule has 5 heteroatoms. The van der Waals surface area contributed by atoms with E-state index in [2.05, 4.69) is 10.2 Å². The Morgan fingerprint density at radius 3 is 2.88 bits per heavy atom. The Balaban J connectivity index is 2.77. The van der Waals surface area contributed by atoms with E-state index >= 15 is 0 Å². The smallest absolute Gasteiger partial charge is 0.400 e. The van der Waals surface area contributed by atoms with E-state index in [1.807, 2.05) is 22.4 Å². The minimum atomic E-state index is -0.439. The van der Waals surface area contributed by atoms with E-state index in [4.69, 9.17) is 5.02 Å². The second-order valence-corrected chi connectivity index (χ2v) is 2.55. The summed E-state index contributed by atoms with van der Waals surface area (Å²) in [5, 5.41) is 15.1.